The van der Waals surface area contributed by atoms with Crippen molar-refractivity contribution in [1.82, 2.24) is 10.2 Å². The summed E-state index contributed by atoms with van der Waals surface area (Å²) in [4.78, 5) is 50.4. The Kier molecular flexibility index (Phi) is 3.69. The highest BCUT2D eigenvalue weighted by Crippen LogP contribution is 2.25. The predicted molar refractivity (Wildman–Crippen MR) is 81.0 cm³/mol. The molecule has 0 radical (unpaired) electrons. The maximum Gasteiger partial charge on any atom is 0.278 e. The molecular formula is C16H15N3O4. The van der Waals surface area contributed by atoms with Crippen molar-refractivity contribution in [2.45, 2.75) is 18.9 Å². The summed E-state index contributed by atoms with van der Waals surface area (Å²) >= 11 is 0. The lowest BCUT2D eigenvalue weighted by Gasteiger charge is -2.29. The van der Waals surface area contributed by atoms with E-state index in [-0.39, 0.29) is 24.4 Å². The van der Waals surface area contributed by atoms with Crippen LogP contribution in [-0.4, -0.2) is 41.6 Å². The van der Waals surface area contributed by atoms with E-state index in [1.807, 2.05) is 30.3 Å². The van der Waals surface area contributed by atoms with E-state index in [1.54, 1.807) is 11.9 Å². The minimum absolute atomic E-state index is 0.108. The normalized spacial score (nSPS) is 21.3. The zero-order valence-corrected chi connectivity index (χ0v) is 12.5. The Morgan fingerprint density at radius 1 is 1.13 bits per heavy atom. The number of rotatable bonds is 3. The lowest BCUT2D eigenvalue weighted by Crippen LogP contribution is -2.54. The fourth-order valence-corrected chi connectivity index (χ4v) is 2.73. The monoisotopic (exact) mass is 313 g/mol. The van der Waals surface area contributed by atoms with Gasteiger partial charge >= 0.3 is 0 Å². The molecule has 1 atom stereocenters. The number of likely N-dealkylation sites (N-methyl/N-ethyl adjacent to an activating group) is 1. The Labute approximate surface area is 132 Å². The average molecular weight is 313 g/mol. The zero-order chi connectivity index (χ0) is 16.6. The van der Waals surface area contributed by atoms with Crippen molar-refractivity contribution >= 4 is 29.3 Å². The SMILES string of the molecule is CN(C1=CC(=O)N(C2CCC(=O)NC2=O)C1=O)c1ccccc1. The van der Waals surface area contributed by atoms with Crippen molar-refractivity contribution in [2.75, 3.05) is 11.9 Å². The van der Waals surface area contributed by atoms with Crippen LogP contribution in [0.15, 0.2) is 42.1 Å². The van der Waals surface area contributed by atoms with E-state index in [4.69, 9.17) is 0 Å². The van der Waals surface area contributed by atoms with Crippen LogP contribution < -0.4 is 10.2 Å². The van der Waals surface area contributed by atoms with Gasteiger partial charge in [-0.05, 0) is 18.6 Å². The fourth-order valence-electron chi connectivity index (χ4n) is 2.73. The average Bonchev–Trinajstić information content (AvgIpc) is 2.83. The molecule has 1 unspecified atom stereocenters. The first-order valence-electron chi connectivity index (χ1n) is 7.20. The molecule has 0 spiro atoms. The number of carbonyl (C=O) groups excluding carboxylic acids is 4. The van der Waals surface area contributed by atoms with Gasteiger partial charge in [0.2, 0.25) is 11.8 Å². The molecule has 2 aliphatic rings. The van der Waals surface area contributed by atoms with Gasteiger partial charge in [-0.25, -0.2) is 0 Å². The second-order valence-corrected chi connectivity index (χ2v) is 5.40. The summed E-state index contributed by atoms with van der Waals surface area (Å²) in [5.41, 5.74) is 0.955. The summed E-state index contributed by atoms with van der Waals surface area (Å²) in [6, 6.07) is 8.19. The number of piperidine rings is 1. The molecule has 1 aromatic rings. The number of hydrogen-bond acceptors (Lipinski definition) is 5. The zero-order valence-electron chi connectivity index (χ0n) is 12.5. The van der Waals surface area contributed by atoms with E-state index < -0.39 is 23.8 Å². The molecule has 118 valence electrons. The molecule has 7 nitrogen and oxygen atoms in total. The highest BCUT2D eigenvalue weighted by Gasteiger charge is 2.43. The third-order valence-electron chi connectivity index (χ3n) is 3.96. The standard InChI is InChI=1S/C16H15N3O4/c1-18(10-5-3-2-4-6-10)12-9-14(21)19(16(12)23)11-7-8-13(20)17-15(11)22/h2-6,9,11H,7-8H2,1H3,(H,17,20,22). The van der Waals surface area contributed by atoms with Crippen molar-refractivity contribution in [3.8, 4) is 0 Å². The van der Waals surface area contributed by atoms with Crippen molar-refractivity contribution in [3.05, 3.63) is 42.1 Å². The highest BCUT2D eigenvalue weighted by atomic mass is 16.2. The number of hydrogen-bond donors (Lipinski definition) is 1. The summed E-state index contributed by atoms with van der Waals surface area (Å²) < 4.78 is 0. The molecule has 1 N–H and O–H groups in total. The molecule has 23 heavy (non-hydrogen) atoms. The van der Waals surface area contributed by atoms with Crippen LogP contribution in [0.4, 0.5) is 5.69 Å². The van der Waals surface area contributed by atoms with E-state index in [0.717, 1.165) is 10.6 Å². The van der Waals surface area contributed by atoms with Crippen molar-refractivity contribution in [3.63, 3.8) is 0 Å². The third kappa shape index (κ3) is 2.61. The van der Waals surface area contributed by atoms with Gasteiger partial charge in [0.1, 0.15) is 11.7 Å². The minimum atomic E-state index is -0.939. The van der Waals surface area contributed by atoms with Crippen molar-refractivity contribution in [1.29, 1.82) is 0 Å². The molecule has 4 amide bonds. The van der Waals surface area contributed by atoms with Crippen LogP contribution in [0.3, 0.4) is 0 Å². The predicted octanol–water partition coefficient (Wildman–Crippen LogP) is 0.181. The topological polar surface area (TPSA) is 86.8 Å². The molecular weight excluding hydrogens is 298 g/mol. The largest absolute Gasteiger partial charge is 0.340 e. The van der Waals surface area contributed by atoms with E-state index >= 15 is 0 Å². The van der Waals surface area contributed by atoms with Gasteiger partial charge in [-0.15, -0.1) is 0 Å². The Morgan fingerprint density at radius 2 is 1.83 bits per heavy atom. The summed E-state index contributed by atoms with van der Waals surface area (Å²) in [7, 11) is 1.68. The Balaban J connectivity index is 1.83. The third-order valence-corrected chi connectivity index (χ3v) is 3.96. The maximum absolute atomic E-state index is 12.6. The summed E-state index contributed by atoms with van der Waals surface area (Å²) in [6.45, 7) is 0. The number of benzene rings is 1. The summed E-state index contributed by atoms with van der Waals surface area (Å²) in [6.07, 6.45) is 1.48. The van der Waals surface area contributed by atoms with E-state index in [1.165, 1.54) is 6.08 Å². The van der Waals surface area contributed by atoms with Gasteiger partial charge in [-0.3, -0.25) is 29.4 Å². The molecule has 2 heterocycles. The molecule has 3 rings (SSSR count). The molecule has 0 aromatic heterocycles. The number of anilines is 1. The van der Waals surface area contributed by atoms with Crippen LogP contribution in [0.5, 0.6) is 0 Å². The van der Waals surface area contributed by atoms with Crippen LogP contribution in [-0.2, 0) is 19.2 Å². The van der Waals surface area contributed by atoms with Gasteiger partial charge in [0, 0.05) is 25.2 Å². The van der Waals surface area contributed by atoms with Crippen LogP contribution in [0.2, 0.25) is 0 Å². The molecule has 0 bridgehead atoms. The lowest BCUT2D eigenvalue weighted by atomic mass is 10.0. The number of imide groups is 2. The fraction of sp³-hybridized carbons (Fsp3) is 0.250. The van der Waals surface area contributed by atoms with Crippen molar-refractivity contribution < 1.29 is 19.2 Å². The number of nitrogens with zero attached hydrogens (tertiary/aromatic N) is 2. The Morgan fingerprint density at radius 3 is 2.48 bits per heavy atom. The van der Waals surface area contributed by atoms with Gasteiger partial charge in [0.25, 0.3) is 11.8 Å². The van der Waals surface area contributed by atoms with E-state index in [0.29, 0.717) is 0 Å². The molecule has 1 saturated heterocycles. The highest BCUT2D eigenvalue weighted by molar-refractivity contribution is 6.20. The quantitative estimate of drug-likeness (QED) is 0.805. The lowest BCUT2D eigenvalue weighted by molar-refractivity contribution is -0.149. The van der Waals surface area contributed by atoms with Crippen LogP contribution in [0.25, 0.3) is 0 Å². The van der Waals surface area contributed by atoms with Gasteiger partial charge < -0.3 is 4.90 Å². The second kappa shape index (κ2) is 5.68. The van der Waals surface area contributed by atoms with Crippen LogP contribution >= 0.6 is 0 Å². The maximum atomic E-state index is 12.6. The second-order valence-electron chi connectivity index (χ2n) is 5.40. The van der Waals surface area contributed by atoms with Crippen molar-refractivity contribution in [2.24, 2.45) is 0 Å². The molecule has 1 aromatic carbocycles. The minimum Gasteiger partial charge on any atom is -0.340 e. The first-order chi connectivity index (χ1) is 11.0. The first kappa shape index (κ1) is 15.0. The van der Waals surface area contributed by atoms with E-state index in [2.05, 4.69) is 5.32 Å². The van der Waals surface area contributed by atoms with Crippen LogP contribution in [0, 0.1) is 0 Å². The van der Waals surface area contributed by atoms with Crippen LogP contribution in [0.1, 0.15) is 12.8 Å². The Bertz CT molecular complexity index is 726. The van der Waals surface area contributed by atoms with Gasteiger partial charge in [0.15, 0.2) is 0 Å². The Hall–Kier alpha value is -2.96. The first-order valence-corrected chi connectivity index (χ1v) is 7.20. The van der Waals surface area contributed by atoms with E-state index in [9.17, 15) is 19.2 Å². The molecule has 0 saturated carbocycles. The summed E-state index contributed by atoms with van der Waals surface area (Å²) in [5, 5.41) is 2.16. The molecule has 1 fully saturated rings. The number of amides is 4. The van der Waals surface area contributed by atoms with Gasteiger partial charge in [0.05, 0.1) is 0 Å². The van der Waals surface area contributed by atoms with Gasteiger partial charge in [-0.2, -0.15) is 0 Å². The number of nitrogens with one attached hydrogen (secondary N) is 1. The number of carbonyl (C=O) groups is 4. The molecule has 2 aliphatic heterocycles. The molecule has 0 aliphatic carbocycles. The summed E-state index contributed by atoms with van der Waals surface area (Å²) in [5.74, 6) is -2.07. The smallest absolute Gasteiger partial charge is 0.278 e. The number of para-hydroxylation sites is 1. The van der Waals surface area contributed by atoms with Gasteiger partial charge in [-0.1, -0.05) is 18.2 Å². The molecule has 7 heteroatoms.